The molecule has 7 nitrogen and oxygen atoms in total. The van der Waals surface area contributed by atoms with Gasteiger partial charge in [0.2, 0.25) is 0 Å². The maximum absolute atomic E-state index is 12.4. The van der Waals surface area contributed by atoms with Gasteiger partial charge in [-0.05, 0) is 25.0 Å². The van der Waals surface area contributed by atoms with Crippen molar-refractivity contribution in [3.05, 3.63) is 34.4 Å². The van der Waals surface area contributed by atoms with E-state index < -0.39 is 4.92 Å². The van der Waals surface area contributed by atoms with E-state index in [0.29, 0.717) is 5.69 Å². The number of carbonyl (C=O) groups excluding carboxylic acids is 2. The van der Waals surface area contributed by atoms with E-state index in [1.165, 1.54) is 24.3 Å². The first-order valence-corrected chi connectivity index (χ1v) is 6.96. The second-order valence-corrected chi connectivity index (χ2v) is 5.35. The fraction of sp³-hybridized carbons (Fsp3) is 0.429. The van der Waals surface area contributed by atoms with Crippen LogP contribution in [0, 0.1) is 10.1 Å². The van der Waals surface area contributed by atoms with Gasteiger partial charge in [0.05, 0.1) is 10.6 Å². The van der Waals surface area contributed by atoms with Gasteiger partial charge in [0.25, 0.3) is 11.6 Å². The highest BCUT2D eigenvalue weighted by molar-refractivity contribution is 6.19. The predicted octanol–water partition coefficient (Wildman–Crippen LogP) is 2.31. The summed E-state index contributed by atoms with van der Waals surface area (Å²) in [7, 11) is 0. The third kappa shape index (κ3) is 2.35. The largest absolute Gasteiger partial charge is 0.332 e. The van der Waals surface area contributed by atoms with Crippen molar-refractivity contribution < 1.29 is 14.5 Å². The molecule has 21 heavy (non-hydrogen) atoms. The molecule has 0 spiro atoms. The molecule has 0 bridgehead atoms. The number of benzene rings is 1. The second kappa shape index (κ2) is 5.16. The summed E-state index contributed by atoms with van der Waals surface area (Å²) >= 11 is 0. The van der Waals surface area contributed by atoms with Crippen molar-refractivity contribution in [1.82, 2.24) is 4.90 Å². The Kier molecular flexibility index (Phi) is 3.32. The number of nitro benzene ring substituents is 1. The van der Waals surface area contributed by atoms with E-state index in [4.69, 9.17) is 0 Å². The van der Waals surface area contributed by atoms with Gasteiger partial charge in [-0.15, -0.1) is 0 Å². The minimum absolute atomic E-state index is 0.0644. The first kappa shape index (κ1) is 13.5. The Labute approximate surface area is 121 Å². The molecule has 7 heteroatoms. The molecule has 0 unspecified atom stereocenters. The van der Waals surface area contributed by atoms with Crippen LogP contribution in [0.15, 0.2) is 24.3 Å². The Morgan fingerprint density at radius 2 is 1.71 bits per heavy atom. The van der Waals surface area contributed by atoms with Crippen LogP contribution >= 0.6 is 0 Å². The number of non-ortho nitro benzene ring substituents is 1. The number of nitrogens with zero attached hydrogens (tertiary/aromatic N) is 3. The van der Waals surface area contributed by atoms with E-state index in [9.17, 15) is 19.7 Å². The van der Waals surface area contributed by atoms with Gasteiger partial charge in [0.15, 0.2) is 0 Å². The molecule has 1 heterocycles. The Balaban J connectivity index is 1.82. The molecular formula is C14H15N3O4. The van der Waals surface area contributed by atoms with Crippen LogP contribution in [0.1, 0.15) is 25.7 Å². The normalized spacial score (nSPS) is 19.6. The van der Waals surface area contributed by atoms with Gasteiger partial charge in [-0.1, -0.05) is 12.8 Å². The van der Waals surface area contributed by atoms with Crippen molar-refractivity contribution in [2.75, 3.05) is 11.4 Å². The summed E-state index contributed by atoms with van der Waals surface area (Å²) in [5.74, 6) is -0.277. The highest BCUT2D eigenvalue weighted by Gasteiger charge is 2.41. The summed E-state index contributed by atoms with van der Waals surface area (Å²) in [6, 6.07) is 5.30. The Bertz CT molecular complexity index is 593. The lowest BCUT2D eigenvalue weighted by Gasteiger charge is -2.22. The number of nitro groups is 1. The Morgan fingerprint density at radius 1 is 1.10 bits per heavy atom. The number of carbonyl (C=O) groups is 2. The molecule has 3 amide bonds. The summed E-state index contributed by atoms with van der Waals surface area (Å²) in [4.78, 5) is 37.4. The van der Waals surface area contributed by atoms with Crippen LogP contribution in [0.5, 0.6) is 0 Å². The topological polar surface area (TPSA) is 83.8 Å². The van der Waals surface area contributed by atoms with Gasteiger partial charge in [-0.3, -0.25) is 14.9 Å². The zero-order chi connectivity index (χ0) is 15.0. The lowest BCUT2D eigenvalue weighted by molar-refractivity contribution is -0.384. The average molecular weight is 289 g/mol. The van der Waals surface area contributed by atoms with Crippen molar-refractivity contribution in [2.24, 2.45) is 0 Å². The lowest BCUT2D eigenvalue weighted by Crippen LogP contribution is -2.38. The Hall–Kier alpha value is -2.44. The van der Waals surface area contributed by atoms with Crippen LogP contribution in [-0.4, -0.2) is 34.3 Å². The van der Waals surface area contributed by atoms with Crippen LogP contribution in [0.25, 0.3) is 0 Å². The number of rotatable bonds is 3. The number of hydrogen-bond donors (Lipinski definition) is 0. The van der Waals surface area contributed by atoms with Gasteiger partial charge in [0.1, 0.15) is 6.54 Å². The van der Waals surface area contributed by atoms with E-state index in [-0.39, 0.29) is 30.2 Å². The summed E-state index contributed by atoms with van der Waals surface area (Å²) in [6.07, 6.45) is 4.04. The van der Waals surface area contributed by atoms with Crippen molar-refractivity contribution in [2.45, 2.75) is 31.7 Å². The quantitative estimate of drug-likeness (QED) is 0.485. The molecular weight excluding hydrogens is 274 g/mol. The molecule has 1 aromatic rings. The van der Waals surface area contributed by atoms with Gasteiger partial charge >= 0.3 is 6.03 Å². The number of hydrogen-bond acceptors (Lipinski definition) is 4. The average Bonchev–Trinajstić information content (AvgIpc) is 3.07. The van der Waals surface area contributed by atoms with Crippen molar-refractivity contribution >= 4 is 23.3 Å². The lowest BCUT2D eigenvalue weighted by atomic mass is 10.2. The highest BCUT2D eigenvalue weighted by Crippen LogP contribution is 2.30. The molecule has 1 aliphatic carbocycles. The van der Waals surface area contributed by atoms with Gasteiger partial charge in [0, 0.05) is 18.2 Å². The summed E-state index contributed by atoms with van der Waals surface area (Å²) in [5, 5.41) is 10.6. The van der Waals surface area contributed by atoms with Gasteiger partial charge in [-0.25, -0.2) is 9.69 Å². The molecule has 0 atom stereocenters. The minimum atomic E-state index is -0.512. The van der Waals surface area contributed by atoms with E-state index >= 15 is 0 Å². The van der Waals surface area contributed by atoms with Crippen LogP contribution in [-0.2, 0) is 4.79 Å². The highest BCUT2D eigenvalue weighted by atomic mass is 16.6. The van der Waals surface area contributed by atoms with Crippen LogP contribution in [0.2, 0.25) is 0 Å². The molecule has 1 saturated heterocycles. The zero-order valence-corrected chi connectivity index (χ0v) is 11.4. The minimum Gasteiger partial charge on any atom is -0.312 e. The van der Waals surface area contributed by atoms with E-state index in [2.05, 4.69) is 0 Å². The van der Waals surface area contributed by atoms with E-state index in [0.717, 1.165) is 30.6 Å². The molecule has 0 N–H and O–H groups in total. The molecule has 3 rings (SSSR count). The molecule has 0 radical (unpaired) electrons. The van der Waals surface area contributed by atoms with E-state index in [1.54, 1.807) is 4.90 Å². The first-order chi connectivity index (χ1) is 10.1. The smallest absolute Gasteiger partial charge is 0.312 e. The molecule has 110 valence electrons. The standard InChI is InChI=1S/C14H15N3O4/c18-13-9-15(10-3-1-2-4-10)14(19)16(13)11-5-7-12(8-6-11)17(20)21/h5-8,10H,1-4,9H2. The molecule has 1 saturated carbocycles. The number of anilines is 1. The molecule has 1 aliphatic heterocycles. The fourth-order valence-electron chi connectivity index (χ4n) is 3.00. The van der Waals surface area contributed by atoms with Crippen LogP contribution < -0.4 is 4.90 Å². The zero-order valence-electron chi connectivity index (χ0n) is 11.4. The summed E-state index contributed by atoms with van der Waals surface area (Å²) in [6.45, 7) is 0.0977. The number of imide groups is 1. The first-order valence-electron chi connectivity index (χ1n) is 6.96. The Morgan fingerprint density at radius 3 is 2.29 bits per heavy atom. The molecule has 1 aromatic carbocycles. The number of amides is 3. The monoisotopic (exact) mass is 289 g/mol. The summed E-state index contributed by atoms with van der Waals surface area (Å²) < 4.78 is 0. The third-order valence-electron chi connectivity index (χ3n) is 4.08. The van der Waals surface area contributed by atoms with Gasteiger partial charge < -0.3 is 4.90 Å². The maximum atomic E-state index is 12.4. The second-order valence-electron chi connectivity index (χ2n) is 5.35. The predicted molar refractivity (Wildman–Crippen MR) is 74.9 cm³/mol. The third-order valence-corrected chi connectivity index (χ3v) is 4.08. The van der Waals surface area contributed by atoms with Crippen molar-refractivity contribution in [3.8, 4) is 0 Å². The molecule has 2 fully saturated rings. The maximum Gasteiger partial charge on any atom is 0.332 e. The van der Waals surface area contributed by atoms with Crippen molar-refractivity contribution in [3.63, 3.8) is 0 Å². The fourth-order valence-corrected chi connectivity index (χ4v) is 3.00. The SMILES string of the molecule is O=C1CN(C2CCCC2)C(=O)N1c1ccc([N+](=O)[O-])cc1. The van der Waals surface area contributed by atoms with Gasteiger partial charge in [-0.2, -0.15) is 0 Å². The molecule has 2 aliphatic rings. The van der Waals surface area contributed by atoms with E-state index in [1.807, 2.05) is 0 Å². The summed E-state index contributed by atoms with van der Waals surface area (Å²) in [5.41, 5.74) is 0.321. The van der Waals surface area contributed by atoms with Crippen molar-refractivity contribution in [1.29, 1.82) is 0 Å². The van der Waals surface area contributed by atoms with Crippen LogP contribution in [0.3, 0.4) is 0 Å². The number of urea groups is 1. The molecule has 0 aromatic heterocycles. The van der Waals surface area contributed by atoms with Crippen LogP contribution in [0.4, 0.5) is 16.2 Å².